The number of nitrogen functional groups attached to an aromatic ring is 1. The molecule has 8 heteroatoms. The molecule has 0 unspecified atom stereocenters. The highest BCUT2D eigenvalue weighted by Crippen LogP contribution is 2.10. The largest absolute Gasteiger partial charge is 0.383 e. The number of nitrogens with two attached hydrogens (primary N) is 1. The Morgan fingerprint density at radius 3 is 2.89 bits per heavy atom. The fourth-order valence-corrected chi connectivity index (χ4v) is 1.64. The van der Waals surface area contributed by atoms with E-state index in [0.717, 1.165) is 5.56 Å². The van der Waals surface area contributed by atoms with E-state index in [9.17, 15) is 9.59 Å². The lowest BCUT2D eigenvalue weighted by Gasteiger charge is -2.11. The van der Waals surface area contributed by atoms with Gasteiger partial charge in [0, 0.05) is 24.8 Å². The van der Waals surface area contributed by atoms with E-state index >= 15 is 0 Å². The van der Waals surface area contributed by atoms with Gasteiger partial charge in [-0.3, -0.25) is 19.4 Å². The summed E-state index contributed by atoms with van der Waals surface area (Å²) in [4.78, 5) is 25.3. The third-order valence-corrected chi connectivity index (χ3v) is 2.58. The Labute approximate surface area is 102 Å². The van der Waals surface area contributed by atoms with Crippen LogP contribution in [-0.4, -0.2) is 19.7 Å². The zero-order valence-corrected chi connectivity index (χ0v) is 9.86. The summed E-state index contributed by atoms with van der Waals surface area (Å²) in [5.41, 5.74) is 5.83. The van der Waals surface area contributed by atoms with Gasteiger partial charge in [-0.1, -0.05) is 0 Å². The van der Waals surface area contributed by atoms with E-state index in [1.807, 2.05) is 0 Å². The summed E-state index contributed by atoms with van der Waals surface area (Å²) >= 11 is 0. The molecule has 0 saturated heterocycles. The predicted molar refractivity (Wildman–Crippen MR) is 67.3 cm³/mol. The number of nitrogens with one attached hydrogen (secondary N) is 3. The molecule has 2 aromatic rings. The normalized spacial score (nSPS) is 10.5. The predicted octanol–water partition coefficient (Wildman–Crippen LogP) is -0.526. The molecule has 0 radical (unpaired) electrons. The molecule has 96 valence electrons. The van der Waals surface area contributed by atoms with Crippen LogP contribution in [0.25, 0.3) is 0 Å². The van der Waals surface area contributed by atoms with E-state index in [0.29, 0.717) is 13.1 Å². The second kappa shape index (κ2) is 4.78. The second-order valence-electron chi connectivity index (χ2n) is 3.72. The number of aromatic amines is 2. The zero-order chi connectivity index (χ0) is 13.1. The lowest BCUT2D eigenvalue weighted by Crippen LogP contribution is -2.33. The standard InChI is InChI=1S/C10H14N6O2/c1-2-16-8(11)7(9(17)15-10(16)18)12-3-6-4-13-14-5-6/h4-5,12H,2-3,11H2,1H3,(H,13,14)(H,15,17,18). The number of hydrogen-bond donors (Lipinski definition) is 4. The van der Waals surface area contributed by atoms with Gasteiger partial charge >= 0.3 is 5.69 Å². The SMILES string of the molecule is CCn1c(N)c(NCc2cn[nH]c2)c(=O)[nH]c1=O. The quantitative estimate of drug-likeness (QED) is 0.581. The third kappa shape index (κ3) is 2.12. The number of aromatic nitrogens is 4. The molecule has 0 aromatic carbocycles. The van der Waals surface area contributed by atoms with Crippen LogP contribution < -0.4 is 22.3 Å². The smallest absolute Gasteiger partial charge is 0.330 e. The van der Waals surface area contributed by atoms with Crippen LogP contribution in [0.1, 0.15) is 12.5 Å². The number of nitrogens with zero attached hydrogens (tertiary/aromatic N) is 2. The highest BCUT2D eigenvalue weighted by Gasteiger charge is 2.10. The molecule has 0 saturated carbocycles. The molecule has 0 bridgehead atoms. The van der Waals surface area contributed by atoms with Gasteiger partial charge in [-0.15, -0.1) is 0 Å². The topological polar surface area (TPSA) is 122 Å². The van der Waals surface area contributed by atoms with Crippen LogP contribution in [0.4, 0.5) is 11.5 Å². The van der Waals surface area contributed by atoms with Crippen LogP contribution in [0.15, 0.2) is 22.0 Å². The Hall–Kier alpha value is -2.51. The maximum atomic E-state index is 11.7. The minimum Gasteiger partial charge on any atom is -0.383 e. The van der Waals surface area contributed by atoms with Gasteiger partial charge in [-0.2, -0.15) is 5.10 Å². The van der Waals surface area contributed by atoms with E-state index < -0.39 is 11.2 Å². The van der Waals surface area contributed by atoms with Crippen molar-refractivity contribution in [2.24, 2.45) is 0 Å². The number of hydrogen-bond acceptors (Lipinski definition) is 5. The highest BCUT2D eigenvalue weighted by molar-refractivity contribution is 5.60. The molecule has 2 aromatic heterocycles. The van der Waals surface area contributed by atoms with Crippen molar-refractivity contribution in [3.8, 4) is 0 Å². The van der Waals surface area contributed by atoms with E-state index in [-0.39, 0.29) is 11.5 Å². The van der Waals surface area contributed by atoms with Gasteiger partial charge in [-0.25, -0.2) is 4.79 Å². The van der Waals surface area contributed by atoms with Crippen LogP contribution in [0, 0.1) is 0 Å². The van der Waals surface area contributed by atoms with Gasteiger partial charge in [0.1, 0.15) is 11.5 Å². The first kappa shape index (κ1) is 12.0. The molecule has 0 amide bonds. The molecule has 18 heavy (non-hydrogen) atoms. The summed E-state index contributed by atoms with van der Waals surface area (Å²) in [6.45, 7) is 2.56. The molecule has 0 spiro atoms. The summed E-state index contributed by atoms with van der Waals surface area (Å²) < 4.78 is 1.29. The lowest BCUT2D eigenvalue weighted by molar-refractivity contribution is 0.706. The van der Waals surface area contributed by atoms with Crippen LogP contribution >= 0.6 is 0 Å². The van der Waals surface area contributed by atoms with Gasteiger partial charge in [0.05, 0.1) is 6.20 Å². The minimum absolute atomic E-state index is 0.134. The van der Waals surface area contributed by atoms with Gasteiger partial charge in [-0.05, 0) is 6.92 Å². The van der Waals surface area contributed by atoms with Crippen LogP contribution in [0.2, 0.25) is 0 Å². The fourth-order valence-electron chi connectivity index (χ4n) is 1.64. The Morgan fingerprint density at radius 2 is 2.28 bits per heavy atom. The van der Waals surface area contributed by atoms with E-state index in [2.05, 4.69) is 20.5 Å². The average molecular weight is 250 g/mol. The van der Waals surface area contributed by atoms with Crippen molar-refractivity contribution >= 4 is 11.5 Å². The molecule has 0 aliphatic carbocycles. The molecular weight excluding hydrogens is 236 g/mol. The molecule has 0 atom stereocenters. The second-order valence-corrected chi connectivity index (χ2v) is 3.72. The van der Waals surface area contributed by atoms with E-state index in [1.165, 1.54) is 4.57 Å². The highest BCUT2D eigenvalue weighted by atomic mass is 16.2. The van der Waals surface area contributed by atoms with Crippen molar-refractivity contribution in [2.75, 3.05) is 11.1 Å². The average Bonchev–Trinajstić information content (AvgIpc) is 2.81. The van der Waals surface area contributed by atoms with Crippen LogP contribution in [0.3, 0.4) is 0 Å². The number of rotatable bonds is 4. The number of H-pyrrole nitrogens is 2. The van der Waals surface area contributed by atoms with Crippen molar-refractivity contribution < 1.29 is 0 Å². The maximum Gasteiger partial charge on any atom is 0.330 e. The summed E-state index contributed by atoms with van der Waals surface area (Å²) in [6.07, 6.45) is 3.33. The van der Waals surface area contributed by atoms with Gasteiger partial charge < -0.3 is 11.1 Å². The molecule has 0 fully saturated rings. The Balaban J connectivity index is 2.33. The lowest BCUT2D eigenvalue weighted by atomic mass is 10.3. The first-order chi connectivity index (χ1) is 8.63. The van der Waals surface area contributed by atoms with Crippen molar-refractivity contribution in [2.45, 2.75) is 20.0 Å². The van der Waals surface area contributed by atoms with Gasteiger partial charge in [0.15, 0.2) is 0 Å². The fraction of sp³-hybridized carbons (Fsp3) is 0.300. The molecule has 0 aliphatic heterocycles. The van der Waals surface area contributed by atoms with E-state index in [1.54, 1.807) is 19.3 Å². The first-order valence-corrected chi connectivity index (χ1v) is 5.47. The van der Waals surface area contributed by atoms with Gasteiger partial charge in [0.25, 0.3) is 5.56 Å². The van der Waals surface area contributed by atoms with Crippen molar-refractivity contribution in [1.29, 1.82) is 0 Å². The Kier molecular flexibility index (Phi) is 3.18. The van der Waals surface area contributed by atoms with Gasteiger partial charge in [0.2, 0.25) is 0 Å². The van der Waals surface area contributed by atoms with Crippen LogP contribution in [-0.2, 0) is 13.1 Å². The van der Waals surface area contributed by atoms with Crippen molar-refractivity contribution in [1.82, 2.24) is 19.7 Å². The van der Waals surface area contributed by atoms with Crippen molar-refractivity contribution in [3.05, 3.63) is 38.8 Å². The Morgan fingerprint density at radius 1 is 1.50 bits per heavy atom. The summed E-state index contributed by atoms with van der Waals surface area (Å²) in [5.74, 6) is 0.134. The Bertz CT molecular complexity index is 639. The first-order valence-electron chi connectivity index (χ1n) is 5.47. The van der Waals surface area contributed by atoms with E-state index in [4.69, 9.17) is 5.73 Å². The summed E-state index contributed by atoms with van der Waals surface area (Å²) in [6, 6.07) is 0. The molecule has 5 N–H and O–H groups in total. The molecular formula is C10H14N6O2. The summed E-state index contributed by atoms with van der Waals surface area (Å²) in [5, 5.41) is 9.35. The monoisotopic (exact) mass is 250 g/mol. The van der Waals surface area contributed by atoms with Crippen LogP contribution in [0.5, 0.6) is 0 Å². The summed E-state index contributed by atoms with van der Waals surface area (Å²) in [7, 11) is 0. The number of anilines is 2. The zero-order valence-electron chi connectivity index (χ0n) is 9.86. The third-order valence-electron chi connectivity index (χ3n) is 2.58. The minimum atomic E-state index is -0.523. The molecule has 8 nitrogen and oxygen atoms in total. The molecule has 0 aliphatic rings. The molecule has 2 heterocycles. The molecule has 2 rings (SSSR count). The maximum absolute atomic E-state index is 11.7. The van der Waals surface area contributed by atoms with Crippen molar-refractivity contribution in [3.63, 3.8) is 0 Å².